The minimum atomic E-state index is -0.422. The monoisotopic (exact) mass is 353 g/mol. The first kappa shape index (κ1) is 15.1. The van der Waals surface area contributed by atoms with Crippen LogP contribution in [0.3, 0.4) is 0 Å². The van der Waals surface area contributed by atoms with Gasteiger partial charge >= 0.3 is 5.97 Å². The molecule has 7 heteroatoms. The summed E-state index contributed by atoms with van der Waals surface area (Å²) in [5, 5.41) is 3.26. The van der Waals surface area contributed by atoms with Crippen LogP contribution < -0.4 is 4.74 Å². The zero-order chi connectivity index (χ0) is 15.5. The van der Waals surface area contributed by atoms with Gasteiger partial charge in [0, 0.05) is 11.4 Å². The fourth-order valence-corrected chi connectivity index (χ4v) is 2.83. The molecule has 0 aliphatic carbocycles. The smallest absolute Gasteiger partial charge is 0.317 e. The zero-order valence-electron chi connectivity index (χ0n) is 11.1. The van der Waals surface area contributed by atoms with E-state index in [0.717, 1.165) is 5.01 Å². The summed E-state index contributed by atoms with van der Waals surface area (Å²) in [6.07, 6.45) is 1.65. The molecule has 0 aliphatic rings. The summed E-state index contributed by atoms with van der Waals surface area (Å²) in [4.78, 5) is 16.3. The maximum Gasteiger partial charge on any atom is 0.317 e. The molecule has 22 heavy (non-hydrogen) atoms. The molecule has 3 rings (SSSR count). The predicted octanol–water partition coefficient (Wildman–Crippen LogP) is 4.86. The number of hydrogen-bond donors (Lipinski definition) is 0. The van der Waals surface area contributed by atoms with Crippen molar-refractivity contribution in [3.05, 3.63) is 57.7 Å². The minimum Gasteiger partial charge on any atom is -0.462 e. The van der Waals surface area contributed by atoms with Crippen molar-refractivity contribution in [3.8, 4) is 16.5 Å². The lowest BCUT2D eigenvalue weighted by atomic mass is 10.3. The molecule has 112 valence electrons. The summed E-state index contributed by atoms with van der Waals surface area (Å²) < 4.78 is 10.5. The van der Waals surface area contributed by atoms with Crippen LogP contribution in [-0.4, -0.2) is 11.0 Å². The van der Waals surface area contributed by atoms with Crippen LogP contribution in [0, 0.1) is 0 Å². The molecule has 2 heterocycles. The molecule has 0 unspecified atom stereocenters. The summed E-state index contributed by atoms with van der Waals surface area (Å²) in [7, 11) is 0. The molecule has 0 bridgehead atoms. The number of hydrogen-bond acceptors (Lipinski definition) is 5. The van der Waals surface area contributed by atoms with E-state index >= 15 is 0 Å². The van der Waals surface area contributed by atoms with Crippen LogP contribution in [0.15, 0.2) is 46.4 Å². The van der Waals surface area contributed by atoms with Crippen molar-refractivity contribution in [1.82, 2.24) is 4.98 Å². The Kier molecular flexibility index (Phi) is 4.47. The first-order valence-corrected chi connectivity index (χ1v) is 7.89. The Morgan fingerprint density at radius 1 is 1.27 bits per heavy atom. The van der Waals surface area contributed by atoms with Crippen LogP contribution in [0.1, 0.15) is 5.69 Å². The van der Waals surface area contributed by atoms with E-state index < -0.39 is 5.97 Å². The highest BCUT2D eigenvalue weighted by Crippen LogP contribution is 2.27. The van der Waals surface area contributed by atoms with Crippen LogP contribution >= 0.6 is 34.5 Å². The Hall–Kier alpha value is -1.82. The van der Waals surface area contributed by atoms with Crippen molar-refractivity contribution >= 4 is 40.5 Å². The molecule has 3 aromatic rings. The van der Waals surface area contributed by atoms with Crippen LogP contribution in [-0.2, 0) is 11.2 Å². The highest BCUT2D eigenvalue weighted by atomic mass is 35.5. The minimum absolute atomic E-state index is 0.0669. The van der Waals surface area contributed by atoms with E-state index in [4.69, 9.17) is 32.4 Å². The van der Waals surface area contributed by atoms with Crippen molar-refractivity contribution in [2.75, 3.05) is 0 Å². The van der Waals surface area contributed by atoms with Gasteiger partial charge in [-0.05, 0) is 24.3 Å². The number of benzene rings is 1. The largest absolute Gasteiger partial charge is 0.462 e. The molecule has 0 atom stereocenters. The number of rotatable bonds is 4. The predicted molar refractivity (Wildman–Crippen MR) is 85.6 cm³/mol. The highest BCUT2D eigenvalue weighted by molar-refractivity contribution is 7.13. The average molecular weight is 354 g/mol. The number of thiazole rings is 1. The van der Waals surface area contributed by atoms with E-state index in [9.17, 15) is 4.79 Å². The second-order valence-corrected chi connectivity index (χ2v) is 6.02. The third kappa shape index (κ3) is 3.50. The summed E-state index contributed by atoms with van der Waals surface area (Å²) in [6.45, 7) is 0. The Balaban J connectivity index is 1.65. The lowest BCUT2D eigenvalue weighted by Gasteiger charge is -2.04. The highest BCUT2D eigenvalue weighted by Gasteiger charge is 2.12. The van der Waals surface area contributed by atoms with Gasteiger partial charge in [-0.15, -0.1) is 11.3 Å². The number of aromatic nitrogens is 1. The number of halogens is 2. The Bertz CT molecular complexity index is 799. The van der Waals surface area contributed by atoms with Gasteiger partial charge in [0.1, 0.15) is 5.75 Å². The SMILES string of the molecule is O=C(Cc1csc(-c2ccco2)n1)Oc1ccc(Cl)c(Cl)c1. The van der Waals surface area contributed by atoms with Crippen molar-refractivity contribution < 1.29 is 13.9 Å². The molecule has 0 saturated carbocycles. The van der Waals surface area contributed by atoms with E-state index in [1.54, 1.807) is 29.8 Å². The zero-order valence-corrected chi connectivity index (χ0v) is 13.4. The van der Waals surface area contributed by atoms with Gasteiger partial charge < -0.3 is 9.15 Å². The van der Waals surface area contributed by atoms with Crippen LogP contribution in [0.2, 0.25) is 10.0 Å². The van der Waals surface area contributed by atoms with Crippen molar-refractivity contribution in [2.24, 2.45) is 0 Å². The van der Waals surface area contributed by atoms with Gasteiger partial charge in [-0.25, -0.2) is 4.98 Å². The molecule has 2 aromatic heterocycles. The molecule has 0 aliphatic heterocycles. The van der Waals surface area contributed by atoms with Gasteiger partial charge in [-0.1, -0.05) is 23.2 Å². The molecule has 4 nitrogen and oxygen atoms in total. The number of carbonyl (C=O) groups excluding carboxylic acids is 1. The summed E-state index contributed by atoms with van der Waals surface area (Å²) in [5.41, 5.74) is 0.626. The Morgan fingerprint density at radius 2 is 2.14 bits per heavy atom. The summed E-state index contributed by atoms with van der Waals surface area (Å²) >= 11 is 13.1. The van der Waals surface area contributed by atoms with E-state index in [0.29, 0.717) is 27.2 Å². The van der Waals surface area contributed by atoms with Crippen molar-refractivity contribution in [2.45, 2.75) is 6.42 Å². The second kappa shape index (κ2) is 6.52. The molecule has 0 saturated heterocycles. The number of nitrogens with zero attached hydrogens (tertiary/aromatic N) is 1. The molecule has 0 spiro atoms. The standard InChI is InChI=1S/C15H9Cl2NO3S/c16-11-4-3-10(7-12(11)17)21-14(19)6-9-8-22-15(18-9)13-2-1-5-20-13/h1-5,7-8H,6H2. The molecule has 0 N–H and O–H groups in total. The van der Waals surface area contributed by atoms with Gasteiger partial charge in [-0.3, -0.25) is 4.79 Å². The molecule has 0 amide bonds. The first-order valence-electron chi connectivity index (χ1n) is 6.26. The molecular formula is C15H9Cl2NO3S. The molecule has 0 fully saturated rings. The number of ether oxygens (including phenoxy) is 1. The van der Waals surface area contributed by atoms with E-state index in [-0.39, 0.29) is 6.42 Å². The van der Waals surface area contributed by atoms with Crippen LogP contribution in [0.4, 0.5) is 0 Å². The molecule has 0 radical (unpaired) electrons. The van der Waals surface area contributed by atoms with Gasteiger partial charge in [-0.2, -0.15) is 0 Å². The fourth-order valence-electron chi connectivity index (χ4n) is 1.76. The maximum absolute atomic E-state index is 11.9. The van der Waals surface area contributed by atoms with Crippen molar-refractivity contribution in [3.63, 3.8) is 0 Å². The first-order chi connectivity index (χ1) is 10.6. The van der Waals surface area contributed by atoms with Crippen LogP contribution in [0.25, 0.3) is 10.8 Å². The number of furan rings is 1. The van der Waals surface area contributed by atoms with E-state index in [1.807, 2.05) is 6.07 Å². The lowest BCUT2D eigenvalue weighted by Crippen LogP contribution is -2.11. The van der Waals surface area contributed by atoms with E-state index in [1.165, 1.54) is 17.4 Å². The summed E-state index contributed by atoms with van der Waals surface area (Å²) in [6, 6.07) is 8.26. The second-order valence-electron chi connectivity index (χ2n) is 4.35. The number of esters is 1. The Labute approximate surface area is 140 Å². The fraction of sp³-hybridized carbons (Fsp3) is 0.0667. The molecule has 1 aromatic carbocycles. The third-order valence-electron chi connectivity index (χ3n) is 2.73. The normalized spacial score (nSPS) is 10.6. The van der Waals surface area contributed by atoms with Gasteiger partial charge in [0.2, 0.25) is 0 Å². The van der Waals surface area contributed by atoms with Gasteiger partial charge in [0.15, 0.2) is 10.8 Å². The quantitative estimate of drug-likeness (QED) is 0.496. The van der Waals surface area contributed by atoms with Crippen molar-refractivity contribution in [1.29, 1.82) is 0 Å². The van der Waals surface area contributed by atoms with Gasteiger partial charge in [0.25, 0.3) is 0 Å². The van der Waals surface area contributed by atoms with Crippen LogP contribution in [0.5, 0.6) is 5.75 Å². The Morgan fingerprint density at radius 3 is 2.86 bits per heavy atom. The third-order valence-corrected chi connectivity index (χ3v) is 4.38. The van der Waals surface area contributed by atoms with Gasteiger partial charge in [0.05, 0.1) is 28.4 Å². The summed E-state index contributed by atoms with van der Waals surface area (Å²) in [5.74, 6) is 0.602. The topological polar surface area (TPSA) is 52.3 Å². The lowest BCUT2D eigenvalue weighted by molar-refractivity contribution is -0.133. The maximum atomic E-state index is 11.9. The van der Waals surface area contributed by atoms with E-state index in [2.05, 4.69) is 4.98 Å². The number of carbonyl (C=O) groups is 1. The molecular weight excluding hydrogens is 345 g/mol. The average Bonchev–Trinajstić information content (AvgIpc) is 3.13.